The molecule has 2 aliphatic rings. The van der Waals surface area contributed by atoms with Gasteiger partial charge in [0.1, 0.15) is 0 Å². The van der Waals surface area contributed by atoms with Crippen molar-refractivity contribution in [3.63, 3.8) is 0 Å². The number of thiocarbonyl (C=S) groups is 1. The van der Waals surface area contributed by atoms with Gasteiger partial charge in [0.05, 0.1) is 12.6 Å². The molecule has 0 aromatic carbocycles. The van der Waals surface area contributed by atoms with Gasteiger partial charge in [-0.05, 0) is 49.3 Å². The highest BCUT2D eigenvalue weighted by Crippen LogP contribution is 2.20. The van der Waals surface area contributed by atoms with Crippen molar-refractivity contribution < 1.29 is 4.74 Å². The lowest BCUT2D eigenvalue weighted by molar-refractivity contribution is 0.0896. The second kappa shape index (κ2) is 8.27. The minimum atomic E-state index is 0.339. The third-order valence-corrected chi connectivity index (χ3v) is 5.83. The van der Waals surface area contributed by atoms with Gasteiger partial charge in [-0.25, -0.2) is 0 Å². The van der Waals surface area contributed by atoms with Crippen LogP contribution in [0.15, 0.2) is 17.5 Å². The summed E-state index contributed by atoms with van der Waals surface area (Å²) in [7, 11) is 0. The lowest BCUT2D eigenvalue weighted by Gasteiger charge is -2.32. The van der Waals surface area contributed by atoms with Gasteiger partial charge in [0.15, 0.2) is 5.11 Å². The molecule has 1 aromatic rings. The van der Waals surface area contributed by atoms with Crippen LogP contribution in [0.3, 0.4) is 0 Å². The van der Waals surface area contributed by atoms with Crippen molar-refractivity contribution in [2.75, 3.05) is 13.2 Å². The largest absolute Gasteiger partial charge is 0.376 e. The maximum atomic E-state index is 5.82. The summed E-state index contributed by atoms with van der Waals surface area (Å²) in [6.07, 6.45) is 9.23. The molecule has 122 valence electrons. The molecule has 3 nitrogen and oxygen atoms in total. The van der Waals surface area contributed by atoms with Crippen molar-refractivity contribution in [1.82, 2.24) is 10.2 Å². The molecule has 2 heterocycles. The predicted molar refractivity (Wildman–Crippen MR) is 96.3 cm³/mol. The highest BCUT2D eigenvalue weighted by molar-refractivity contribution is 7.80. The van der Waals surface area contributed by atoms with Crippen LogP contribution in [-0.2, 0) is 11.3 Å². The van der Waals surface area contributed by atoms with Crippen LogP contribution in [0.25, 0.3) is 0 Å². The van der Waals surface area contributed by atoms with E-state index in [1.165, 1.54) is 43.4 Å². The molecule has 0 amide bonds. The van der Waals surface area contributed by atoms with E-state index in [9.17, 15) is 0 Å². The third-order valence-electron chi connectivity index (χ3n) is 4.59. The summed E-state index contributed by atoms with van der Waals surface area (Å²) in [6, 6.07) is 4.87. The molecule has 1 aromatic heterocycles. The maximum Gasteiger partial charge on any atom is 0.169 e. The predicted octanol–water partition coefficient (Wildman–Crippen LogP) is 3.94. The molecule has 1 atom stereocenters. The van der Waals surface area contributed by atoms with E-state index in [-0.39, 0.29) is 0 Å². The third kappa shape index (κ3) is 4.67. The van der Waals surface area contributed by atoms with E-state index in [1.54, 1.807) is 11.3 Å². The number of thiophene rings is 1. The van der Waals surface area contributed by atoms with Gasteiger partial charge in [0.2, 0.25) is 0 Å². The van der Waals surface area contributed by atoms with E-state index in [2.05, 4.69) is 27.7 Å². The number of nitrogens with one attached hydrogen (secondary N) is 1. The summed E-state index contributed by atoms with van der Waals surface area (Å²) in [5.74, 6) is 0. The lowest BCUT2D eigenvalue weighted by atomic mass is 9.96. The topological polar surface area (TPSA) is 24.5 Å². The van der Waals surface area contributed by atoms with Crippen molar-refractivity contribution in [3.05, 3.63) is 22.4 Å². The van der Waals surface area contributed by atoms with Gasteiger partial charge in [0, 0.05) is 24.1 Å². The number of rotatable bonds is 5. The Labute approximate surface area is 143 Å². The Morgan fingerprint density at radius 3 is 2.82 bits per heavy atom. The molecular formula is C17H26N2OS2. The van der Waals surface area contributed by atoms with E-state index in [4.69, 9.17) is 17.0 Å². The monoisotopic (exact) mass is 338 g/mol. The zero-order valence-electron chi connectivity index (χ0n) is 13.1. The first-order valence-corrected chi connectivity index (χ1v) is 9.79. The first-order chi connectivity index (χ1) is 10.8. The average Bonchev–Trinajstić information content (AvgIpc) is 3.21. The molecule has 5 heteroatoms. The highest BCUT2D eigenvalue weighted by Gasteiger charge is 2.23. The van der Waals surface area contributed by atoms with E-state index in [1.807, 2.05) is 0 Å². The van der Waals surface area contributed by atoms with Gasteiger partial charge in [0.25, 0.3) is 0 Å². The Bertz CT molecular complexity index is 451. The van der Waals surface area contributed by atoms with Gasteiger partial charge >= 0.3 is 0 Å². The van der Waals surface area contributed by atoms with Crippen molar-refractivity contribution in [2.24, 2.45) is 0 Å². The van der Waals surface area contributed by atoms with Crippen molar-refractivity contribution in [1.29, 1.82) is 0 Å². The molecule has 2 fully saturated rings. The number of ether oxygens (including phenoxy) is 1. The van der Waals surface area contributed by atoms with E-state index in [0.29, 0.717) is 12.1 Å². The van der Waals surface area contributed by atoms with Crippen LogP contribution in [0.5, 0.6) is 0 Å². The molecule has 1 aliphatic heterocycles. The molecular weight excluding hydrogens is 312 g/mol. The van der Waals surface area contributed by atoms with Crippen molar-refractivity contribution in [3.8, 4) is 0 Å². The van der Waals surface area contributed by atoms with Gasteiger partial charge in [-0.1, -0.05) is 25.3 Å². The molecule has 1 saturated carbocycles. The van der Waals surface area contributed by atoms with Gasteiger partial charge < -0.3 is 15.0 Å². The molecule has 0 bridgehead atoms. The second-order valence-corrected chi connectivity index (χ2v) is 7.80. The SMILES string of the molecule is S=C(NC1CCCCC1)N(Cc1cccs1)C[C@H]1CCCO1. The first kappa shape index (κ1) is 16.2. The summed E-state index contributed by atoms with van der Waals surface area (Å²) in [5, 5.41) is 6.66. The fourth-order valence-electron chi connectivity index (χ4n) is 3.36. The van der Waals surface area contributed by atoms with E-state index in [0.717, 1.165) is 31.2 Å². The van der Waals surface area contributed by atoms with Crippen molar-refractivity contribution >= 4 is 28.7 Å². The number of hydrogen-bond donors (Lipinski definition) is 1. The number of nitrogens with zero attached hydrogens (tertiary/aromatic N) is 1. The lowest BCUT2D eigenvalue weighted by Crippen LogP contribution is -2.47. The molecule has 0 radical (unpaired) electrons. The van der Waals surface area contributed by atoms with Crippen LogP contribution in [0.4, 0.5) is 0 Å². The van der Waals surface area contributed by atoms with Crippen LogP contribution in [-0.4, -0.2) is 35.3 Å². The smallest absolute Gasteiger partial charge is 0.169 e. The zero-order valence-corrected chi connectivity index (χ0v) is 14.8. The van der Waals surface area contributed by atoms with Gasteiger partial charge in [-0.2, -0.15) is 0 Å². The van der Waals surface area contributed by atoms with Crippen LogP contribution < -0.4 is 5.32 Å². The first-order valence-electron chi connectivity index (χ1n) is 8.50. The molecule has 1 aliphatic carbocycles. The summed E-state index contributed by atoms with van der Waals surface area (Å²) in [4.78, 5) is 3.68. The molecule has 22 heavy (non-hydrogen) atoms. The van der Waals surface area contributed by atoms with Crippen molar-refractivity contribution in [2.45, 2.75) is 63.6 Å². The average molecular weight is 339 g/mol. The Morgan fingerprint density at radius 2 is 2.14 bits per heavy atom. The summed E-state index contributed by atoms with van der Waals surface area (Å²) < 4.78 is 5.82. The van der Waals surface area contributed by atoms with Crippen LogP contribution in [0.1, 0.15) is 49.8 Å². The zero-order chi connectivity index (χ0) is 15.2. The highest BCUT2D eigenvalue weighted by atomic mass is 32.1. The maximum absolute atomic E-state index is 5.82. The minimum absolute atomic E-state index is 0.339. The van der Waals surface area contributed by atoms with Crippen LogP contribution >= 0.6 is 23.6 Å². The van der Waals surface area contributed by atoms with E-state index >= 15 is 0 Å². The molecule has 0 spiro atoms. The fourth-order valence-corrected chi connectivity index (χ4v) is 4.38. The van der Waals surface area contributed by atoms with Gasteiger partial charge in [-0.3, -0.25) is 0 Å². The Morgan fingerprint density at radius 1 is 1.27 bits per heavy atom. The Hall–Kier alpha value is -0.650. The minimum Gasteiger partial charge on any atom is -0.376 e. The molecule has 3 rings (SSSR count). The molecule has 1 saturated heterocycles. The second-order valence-electron chi connectivity index (χ2n) is 6.38. The summed E-state index contributed by atoms with van der Waals surface area (Å²) >= 11 is 7.53. The normalized spacial score (nSPS) is 22.6. The Balaban J connectivity index is 1.59. The van der Waals surface area contributed by atoms with Gasteiger partial charge in [-0.15, -0.1) is 11.3 Å². The number of hydrogen-bond acceptors (Lipinski definition) is 3. The summed E-state index contributed by atoms with van der Waals surface area (Å²) in [6.45, 7) is 2.72. The fraction of sp³-hybridized carbons (Fsp3) is 0.706. The molecule has 0 unspecified atom stereocenters. The quantitative estimate of drug-likeness (QED) is 0.822. The van der Waals surface area contributed by atoms with Crippen LogP contribution in [0, 0.1) is 0 Å². The standard InChI is InChI=1S/C17H26N2OS2/c21-17(18-14-6-2-1-3-7-14)19(12-15-8-4-10-20-15)13-16-9-5-11-22-16/h5,9,11,14-15H,1-4,6-8,10,12-13H2,(H,18,21)/t15-/m1/s1. The Kier molecular flexibility index (Phi) is 6.10. The van der Waals surface area contributed by atoms with E-state index < -0.39 is 0 Å². The summed E-state index contributed by atoms with van der Waals surface area (Å²) in [5.41, 5.74) is 0. The molecule has 1 N–H and O–H groups in total. The van der Waals surface area contributed by atoms with Crippen LogP contribution in [0.2, 0.25) is 0 Å².